The maximum Gasteiger partial charge on any atom is 0.416 e. The Bertz CT molecular complexity index is 911. The lowest BCUT2D eigenvalue weighted by Crippen LogP contribution is -2.52. The van der Waals surface area contributed by atoms with Crippen LogP contribution in [0.5, 0.6) is 0 Å². The molecule has 2 amide bonds. The van der Waals surface area contributed by atoms with E-state index >= 15 is 0 Å². The molecule has 2 aromatic rings. The van der Waals surface area contributed by atoms with E-state index in [9.17, 15) is 22.8 Å². The first-order chi connectivity index (χ1) is 12.6. The van der Waals surface area contributed by atoms with Gasteiger partial charge in [0.15, 0.2) is 0 Å². The summed E-state index contributed by atoms with van der Waals surface area (Å²) in [5, 5.41) is 5.66. The summed E-state index contributed by atoms with van der Waals surface area (Å²) >= 11 is 0. The van der Waals surface area contributed by atoms with Gasteiger partial charge in [-0.2, -0.15) is 13.2 Å². The van der Waals surface area contributed by atoms with Gasteiger partial charge in [-0.05, 0) is 54.8 Å². The molecule has 0 saturated heterocycles. The molecule has 1 aliphatic heterocycles. The monoisotopic (exact) mass is 377 g/mol. The van der Waals surface area contributed by atoms with E-state index in [1.165, 1.54) is 19.1 Å². The summed E-state index contributed by atoms with van der Waals surface area (Å²) in [7, 11) is 0. The number of benzene rings is 2. The second kappa shape index (κ2) is 6.61. The van der Waals surface area contributed by atoms with E-state index in [1.807, 2.05) is 0 Å². The smallest absolute Gasteiger partial charge is 0.384 e. The minimum absolute atomic E-state index is 0.0407. The molecule has 1 heterocycles. The molecule has 4 N–H and O–H groups in total. The summed E-state index contributed by atoms with van der Waals surface area (Å²) in [6, 6.07) is 9.23. The van der Waals surface area contributed by atoms with Crippen molar-refractivity contribution < 1.29 is 22.8 Å². The first-order valence-electron chi connectivity index (χ1n) is 8.28. The molecule has 2 aromatic carbocycles. The lowest BCUT2D eigenvalue weighted by Gasteiger charge is -2.28. The third-order valence-electron chi connectivity index (χ3n) is 4.70. The number of amides is 2. The Morgan fingerprint density at radius 1 is 1.11 bits per heavy atom. The fraction of sp³-hybridized carbons (Fsp3) is 0.263. The van der Waals surface area contributed by atoms with Gasteiger partial charge < -0.3 is 16.4 Å². The second-order valence-electron chi connectivity index (χ2n) is 6.57. The van der Waals surface area contributed by atoms with Crippen molar-refractivity contribution >= 4 is 17.5 Å². The van der Waals surface area contributed by atoms with Crippen LogP contribution in [0.15, 0.2) is 42.5 Å². The first-order valence-corrected chi connectivity index (χ1v) is 8.28. The summed E-state index contributed by atoms with van der Waals surface area (Å²) < 4.78 is 39.0. The van der Waals surface area contributed by atoms with Crippen molar-refractivity contribution in [1.29, 1.82) is 0 Å². The number of hydrogen-bond acceptors (Lipinski definition) is 3. The summed E-state index contributed by atoms with van der Waals surface area (Å²) in [4.78, 5) is 24.7. The van der Waals surface area contributed by atoms with E-state index in [0.29, 0.717) is 5.56 Å². The van der Waals surface area contributed by atoms with Crippen LogP contribution in [-0.4, -0.2) is 18.4 Å². The molecule has 5 nitrogen and oxygen atoms in total. The number of nitrogens with one attached hydrogen (secondary N) is 2. The minimum Gasteiger partial charge on any atom is -0.384 e. The fourth-order valence-electron chi connectivity index (χ4n) is 3.03. The van der Waals surface area contributed by atoms with Gasteiger partial charge >= 0.3 is 6.18 Å². The Kier molecular flexibility index (Phi) is 4.59. The zero-order valence-corrected chi connectivity index (χ0v) is 14.5. The molecule has 0 saturated carbocycles. The molecule has 1 unspecified atom stereocenters. The largest absolute Gasteiger partial charge is 0.416 e. The number of fused-ring (bicyclic) bond motifs is 1. The summed E-state index contributed by atoms with van der Waals surface area (Å²) in [6.07, 6.45) is -3.82. The highest BCUT2D eigenvalue weighted by molar-refractivity contribution is 5.99. The maximum atomic E-state index is 13.0. The zero-order chi connectivity index (χ0) is 19.8. The van der Waals surface area contributed by atoms with E-state index in [0.717, 1.165) is 36.3 Å². The van der Waals surface area contributed by atoms with Crippen molar-refractivity contribution in [2.24, 2.45) is 5.73 Å². The van der Waals surface area contributed by atoms with Crippen LogP contribution in [0.3, 0.4) is 0 Å². The van der Waals surface area contributed by atoms with Crippen LogP contribution in [-0.2, 0) is 22.9 Å². The molecule has 8 heteroatoms. The van der Waals surface area contributed by atoms with Crippen molar-refractivity contribution in [3.63, 3.8) is 0 Å². The number of carbonyl (C=O) groups excluding carboxylic acids is 2. The van der Waals surface area contributed by atoms with Gasteiger partial charge in [-0.3, -0.25) is 9.59 Å². The lowest BCUT2D eigenvalue weighted by molar-refractivity contribution is -0.137. The minimum atomic E-state index is -4.58. The van der Waals surface area contributed by atoms with Crippen LogP contribution in [0, 0.1) is 0 Å². The predicted octanol–water partition coefficient (Wildman–Crippen LogP) is 2.80. The number of hydrogen-bond donors (Lipinski definition) is 3. The fourth-order valence-corrected chi connectivity index (χ4v) is 3.03. The highest BCUT2D eigenvalue weighted by Gasteiger charge is 2.38. The van der Waals surface area contributed by atoms with E-state index in [2.05, 4.69) is 10.6 Å². The number of primary amides is 1. The SMILES string of the molecule is CC(NC(=O)c1ccc2c(c1)CCN2)(C(N)=O)c1cccc(C(F)(F)F)c1. The average Bonchev–Trinajstić information content (AvgIpc) is 3.08. The van der Waals surface area contributed by atoms with Crippen LogP contribution < -0.4 is 16.4 Å². The molecule has 0 bridgehead atoms. The van der Waals surface area contributed by atoms with Crippen molar-refractivity contribution in [2.75, 3.05) is 11.9 Å². The predicted molar refractivity (Wildman–Crippen MR) is 94.1 cm³/mol. The van der Waals surface area contributed by atoms with Gasteiger partial charge in [0.25, 0.3) is 5.91 Å². The third kappa shape index (κ3) is 3.60. The first kappa shape index (κ1) is 18.8. The van der Waals surface area contributed by atoms with Crippen LogP contribution in [0.25, 0.3) is 0 Å². The van der Waals surface area contributed by atoms with Crippen LogP contribution in [0.2, 0.25) is 0 Å². The molecule has 0 spiro atoms. The standard InChI is InChI=1S/C19H18F3N3O2/c1-18(17(23)27,13-3-2-4-14(10-13)19(20,21)22)25-16(26)12-5-6-15-11(9-12)7-8-24-15/h2-6,9-10,24H,7-8H2,1H3,(H2,23,27)(H,25,26). The Labute approximate surface area is 153 Å². The molecular weight excluding hydrogens is 359 g/mol. The number of alkyl halides is 3. The third-order valence-corrected chi connectivity index (χ3v) is 4.70. The molecule has 0 radical (unpaired) electrons. The van der Waals surface area contributed by atoms with E-state index in [1.54, 1.807) is 18.2 Å². The van der Waals surface area contributed by atoms with Crippen molar-refractivity contribution in [3.05, 3.63) is 64.7 Å². The Morgan fingerprint density at radius 2 is 1.81 bits per heavy atom. The number of nitrogens with two attached hydrogens (primary N) is 1. The highest BCUT2D eigenvalue weighted by Crippen LogP contribution is 2.32. The maximum absolute atomic E-state index is 13.0. The van der Waals surface area contributed by atoms with Crippen LogP contribution in [0.1, 0.15) is 34.0 Å². The highest BCUT2D eigenvalue weighted by atomic mass is 19.4. The molecule has 0 aromatic heterocycles. The molecule has 3 rings (SSSR count). The van der Waals surface area contributed by atoms with E-state index < -0.39 is 29.1 Å². The summed E-state index contributed by atoms with van der Waals surface area (Å²) in [6.45, 7) is 2.06. The summed E-state index contributed by atoms with van der Waals surface area (Å²) in [5.74, 6) is -1.55. The number of anilines is 1. The van der Waals surface area contributed by atoms with Crippen molar-refractivity contribution in [3.8, 4) is 0 Å². The normalized spacial score (nSPS) is 15.4. The molecule has 27 heavy (non-hydrogen) atoms. The molecule has 142 valence electrons. The molecule has 1 atom stereocenters. The van der Waals surface area contributed by atoms with Gasteiger partial charge in [0.05, 0.1) is 5.56 Å². The Hall–Kier alpha value is -3.03. The summed E-state index contributed by atoms with van der Waals surface area (Å²) in [5.41, 5.74) is 4.87. The van der Waals surface area contributed by atoms with Crippen LogP contribution in [0.4, 0.5) is 18.9 Å². The van der Waals surface area contributed by atoms with Gasteiger partial charge in [-0.1, -0.05) is 12.1 Å². The van der Waals surface area contributed by atoms with Gasteiger partial charge in [-0.15, -0.1) is 0 Å². The molecule has 0 aliphatic carbocycles. The second-order valence-corrected chi connectivity index (χ2v) is 6.57. The van der Waals surface area contributed by atoms with Gasteiger partial charge in [-0.25, -0.2) is 0 Å². The molecule has 1 aliphatic rings. The van der Waals surface area contributed by atoms with Gasteiger partial charge in [0.1, 0.15) is 5.54 Å². The van der Waals surface area contributed by atoms with Crippen molar-refractivity contribution in [2.45, 2.75) is 25.1 Å². The Balaban J connectivity index is 1.93. The molecular formula is C19H18F3N3O2. The van der Waals surface area contributed by atoms with Crippen LogP contribution >= 0.6 is 0 Å². The lowest BCUT2D eigenvalue weighted by atomic mass is 9.89. The number of rotatable bonds is 4. The average molecular weight is 377 g/mol. The quantitative estimate of drug-likeness (QED) is 0.766. The topological polar surface area (TPSA) is 84.2 Å². The van der Waals surface area contributed by atoms with Crippen molar-refractivity contribution in [1.82, 2.24) is 5.32 Å². The number of halogens is 3. The molecule has 0 fully saturated rings. The van der Waals surface area contributed by atoms with Gasteiger partial charge in [0, 0.05) is 17.8 Å². The zero-order valence-electron chi connectivity index (χ0n) is 14.5. The number of carbonyl (C=O) groups is 2. The van der Waals surface area contributed by atoms with Gasteiger partial charge in [0.2, 0.25) is 5.91 Å². The Morgan fingerprint density at radius 3 is 2.48 bits per heavy atom. The van der Waals surface area contributed by atoms with E-state index in [-0.39, 0.29) is 5.56 Å². The van der Waals surface area contributed by atoms with E-state index in [4.69, 9.17) is 5.73 Å².